The zero-order valence-corrected chi connectivity index (χ0v) is 18.0. The van der Waals surface area contributed by atoms with Crippen LogP contribution in [0.4, 0.5) is 0 Å². The van der Waals surface area contributed by atoms with Crippen molar-refractivity contribution in [1.82, 2.24) is 14.1 Å². The Hall–Kier alpha value is -1.35. The van der Waals surface area contributed by atoms with Crippen LogP contribution in [0.2, 0.25) is 5.02 Å². The zero-order valence-electron chi connectivity index (χ0n) is 16.4. The second-order valence-corrected chi connectivity index (χ2v) is 9.70. The van der Waals surface area contributed by atoms with Crippen molar-refractivity contribution in [2.45, 2.75) is 24.7 Å². The van der Waals surface area contributed by atoms with Gasteiger partial charge in [-0.25, -0.2) is 8.42 Å². The molecule has 1 aromatic rings. The Kier molecular flexibility index (Phi) is 6.85. The van der Waals surface area contributed by atoms with Crippen LogP contribution in [0.25, 0.3) is 0 Å². The SMILES string of the molecule is CCOc1ccc(S(=O)(=O)N2CCC[C@H](C(=O)N3CCN(C)CC3)C2)cc1Cl. The zero-order chi connectivity index (χ0) is 20.3. The molecule has 9 heteroatoms. The molecular weight excluding hydrogens is 402 g/mol. The van der Waals surface area contributed by atoms with Crippen molar-refractivity contribution >= 4 is 27.5 Å². The van der Waals surface area contributed by atoms with Crippen molar-refractivity contribution in [3.8, 4) is 5.75 Å². The normalized spacial score (nSPS) is 22.2. The van der Waals surface area contributed by atoms with Crippen LogP contribution in [0.3, 0.4) is 0 Å². The number of rotatable bonds is 5. The molecule has 2 aliphatic rings. The Morgan fingerprint density at radius 3 is 2.57 bits per heavy atom. The second kappa shape index (κ2) is 8.98. The molecule has 0 radical (unpaired) electrons. The molecule has 7 nitrogen and oxygen atoms in total. The van der Waals surface area contributed by atoms with E-state index in [0.29, 0.717) is 38.4 Å². The van der Waals surface area contributed by atoms with Gasteiger partial charge in [-0.05, 0) is 45.0 Å². The van der Waals surface area contributed by atoms with Crippen molar-refractivity contribution in [3.05, 3.63) is 23.2 Å². The standard InChI is InChI=1S/C19H28ClN3O4S/c1-3-27-18-7-6-16(13-17(18)20)28(25,26)23-8-4-5-15(14-23)19(24)22-11-9-21(2)10-12-22/h6-7,13,15H,3-5,8-12,14H2,1-2H3/t15-/m0/s1. The average Bonchev–Trinajstić information content (AvgIpc) is 2.69. The number of hydrogen-bond donors (Lipinski definition) is 0. The van der Waals surface area contributed by atoms with Crippen LogP contribution < -0.4 is 4.74 Å². The number of piperazine rings is 1. The minimum absolute atomic E-state index is 0.0673. The summed E-state index contributed by atoms with van der Waals surface area (Å²) < 4.78 is 33.0. The lowest BCUT2D eigenvalue weighted by Gasteiger charge is -2.37. The molecule has 0 saturated carbocycles. The first-order valence-corrected chi connectivity index (χ1v) is 11.5. The molecule has 2 saturated heterocycles. The summed E-state index contributed by atoms with van der Waals surface area (Å²) >= 11 is 6.17. The molecule has 2 heterocycles. The molecule has 2 aliphatic heterocycles. The summed E-state index contributed by atoms with van der Waals surface area (Å²) in [6.07, 6.45) is 1.40. The highest BCUT2D eigenvalue weighted by Crippen LogP contribution is 2.31. The number of carbonyl (C=O) groups is 1. The van der Waals surface area contributed by atoms with Crippen LogP contribution >= 0.6 is 11.6 Å². The minimum atomic E-state index is -3.71. The molecule has 0 aromatic heterocycles. The molecule has 1 amide bonds. The van der Waals surface area contributed by atoms with Gasteiger partial charge in [0, 0.05) is 39.3 Å². The fourth-order valence-corrected chi connectivity index (χ4v) is 5.56. The van der Waals surface area contributed by atoms with Gasteiger partial charge in [-0.1, -0.05) is 11.6 Å². The third-order valence-electron chi connectivity index (χ3n) is 5.39. The van der Waals surface area contributed by atoms with Gasteiger partial charge in [0.2, 0.25) is 15.9 Å². The molecule has 0 bridgehead atoms. The second-order valence-electron chi connectivity index (χ2n) is 7.36. The Labute approximate surface area is 172 Å². The van der Waals surface area contributed by atoms with E-state index in [-0.39, 0.29) is 28.3 Å². The van der Waals surface area contributed by atoms with Crippen LogP contribution in [0.5, 0.6) is 5.75 Å². The Morgan fingerprint density at radius 1 is 1.21 bits per heavy atom. The first kappa shape index (κ1) is 21.4. The van der Waals surface area contributed by atoms with E-state index in [2.05, 4.69) is 4.90 Å². The summed E-state index contributed by atoms with van der Waals surface area (Å²) in [5.41, 5.74) is 0. The molecule has 28 heavy (non-hydrogen) atoms. The topological polar surface area (TPSA) is 70.2 Å². The number of nitrogens with zero attached hydrogens (tertiary/aromatic N) is 3. The Balaban J connectivity index is 1.72. The van der Waals surface area contributed by atoms with Gasteiger partial charge in [-0.3, -0.25) is 4.79 Å². The first-order chi connectivity index (χ1) is 13.3. The fraction of sp³-hybridized carbons (Fsp3) is 0.632. The molecular formula is C19H28ClN3O4S. The number of piperidine rings is 1. The molecule has 2 fully saturated rings. The van der Waals surface area contributed by atoms with Crippen molar-refractivity contribution < 1.29 is 17.9 Å². The lowest BCUT2D eigenvalue weighted by molar-refractivity contribution is -0.138. The summed E-state index contributed by atoms with van der Waals surface area (Å²) in [4.78, 5) is 17.1. The fourth-order valence-electron chi connectivity index (χ4n) is 3.71. The summed E-state index contributed by atoms with van der Waals surface area (Å²) in [5.74, 6) is 0.243. The van der Waals surface area contributed by atoms with Gasteiger partial charge in [-0.15, -0.1) is 0 Å². The average molecular weight is 430 g/mol. The first-order valence-electron chi connectivity index (χ1n) is 9.72. The summed E-state index contributed by atoms with van der Waals surface area (Å²) in [6, 6.07) is 4.52. The Bertz CT molecular complexity index is 809. The predicted octanol–water partition coefficient (Wildman–Crippen LogP) is 1.91. The molecule has 1 aromatic carbocycles. The number of hydrogen-bond acceptors (Lipinski definition) is 5. The molecule has 0 aliphatic carbocycles. The van der Waals surface area contributed by atoms with Gasteiger partial charge in [0.15, 0.2) is 0 Å². The third-order valence-corrected chi connectivity index (χ3v) is 7.55. The van der Waals surface area contributed by atoms with E-state index < -0.39 is 10.0 Å². The number of benzene rings is 1. The maximum absolute atomic E-state index is 13.1. The highest BCUT2D eigenvalue weighted by Gasteiger charge is 2.35. The summed E-state index contributed by atoms with van der Waals surface area (Å²) in [6.45, 7) is 6.04. The summed E-state index contributed by atoms with van der Waals surface area (Å²) in [5, 5.41) is 0.269. The number of halogens is 1. The highest BCUT2D eigenvalue weighted by atomic mass is 35.5. The lowest BCUT2D eigenvalue weighted by Crippen LogP contribution is -2.52. The largest absolute Gasteiger partial charge is 0.492 e. The number of sulfonamides is 1. The molecule has 0 spiro atoms. The van der Waals surface area contributed by atoms with Gasteiger partial charge in [-0.2, -0.15) is 4.31 Å². The van der Waals surface area contributed by atoms with E-state index in [1.807, 2.05) is 18.9 Å². The van der Waals surface area contributed by atoms with E-state index >= 15 is 0 Å². The van der Waals surface area contributed by atoms with Crippen molar-refractivity contribution in [2.24, 2.45) is 5.92 Å². The lowest BCUT2D eigenvalue weighted by atomic mass is 9.98. The van der Waals surface area contributed by atoms with Crippen molar-refractivity contribution in [1.29, 1.82) is 0 Å². The van der Waals surface area contributed by atoms with Crippen molar-refractivity contribution in [2.75, 3.05) is 52.9 Å². The maximum atomic E-state index is 13.1. The van der Waals surface area contributed by atoms with E-state index in [9.17, 15) is 13.2 Å². The third kappa shape index (κ3) is 4.62. The molecule has 156 valence electrons. The van der Waals surface area contributed by atoms with Crippen LogP contribution in [-0.2, 0) is 14.8 Å². The number of likely N-dealkylation sites (N-methyl/N-ethyl adjacent to an activating group) is 1. The van der Waals surface area contributed by atoms with Gasteiger partial charge in [0.25, 0.3) is 0 Å². The Morgan fingerprint density at radius 2 is 1.93 bits per heavy atom. The van der Waals surface area contributed by atoms with Crippen LogP contribution in [-0.4, -0.2) is 81.4 Å². The van der Waals surface area contributed by atoms with Gasteiger partial charge < -0.3 is 14.5 Å². The van der Waals surface area contributed by atoms with Gasteiger partial charge in [0.1, 0.15) is 5.75 Å². The maximum Gasteiger partial charge on any atom is 0.243 e. The molecule has 0 unspecified atom stereocenters. The van der Waals surface area contributed by atoms with Crippen LogP contribution in [0, 0.1) is 5.92 Å². The monoisotopic (exact) mass is 429 g/mol. The molecule has 1 atom stereocenters. The van der Waals surface area contributed by atoms with E-state index in [4.69, 9.17) is 16.3 Å². The van der Waals surface area contributed by atoms with Crippen LogP contribution in [0.15, 0.2) is 23.1 Å². The molecule has 3 rings (SSSR count). The number of carbonyl (C=O) groups excluding carboxylic acids is 1. The van der Waals surface area contributed by atoms with Gasteiger partial charge in [0.05, 0.1) is 22.4 Å². The highest BCUT2D eigenvalue weighted by molar-refractivity contribution is 7.89. The smallest absolute Gasteiger partial charge is 0.243 e. The minimum Gasteiger partial charge on any atom is -0.492 e. The van der Waals surface area contributed by atoms with E-state index in [1.165, 1.54) is 16.4 Å². The van der Waals surface area contributed by atoms with E-state index in [1.54, 1.807) is 6.07 Å². The van der Waals surface area contributed by atoms with E-state index in [0.717, 1.165) is 19.5 Å². The number of ether oxygens (including phenoxy) is 1. The number of amides is 1. The quantitative estimate of drug-likeness (QED) is 0.715. The van der Waals surface area contributed by atoms with Gasteiger partial charge >= 0.3 is 0 Å². The molecule has 0 N–H and O–H groups in total. The summed E-state index contributed by atoms with van der Waals surface area (Å²) in [7, 11) is -1.67. The van der Waals surface area contributed by atoms with Crippen LogP contribution in [0.1, 0.15) is 19.8 Å². The predicted molar refractivity (Wildman–Crippen MR) is 108 cm³/mol. The van der Waals surface area contributed by atoms with Crippen molar-refractivity contribution in [3.63, 3.8) is 0 Å².